The highest BCUT2D eigenvalue weighted by molar-refractivity contribution is 5.83. The molecule has 5 aromatic rings. The molecule has 0 amide bonds. The summed E-state index contributed by atoms with van der Waals surface area (Å²) in [7, 11) is 0. The number of rotatable bonds is 6. The van der Waals surface area contributed by atoms with Gasteiger partial charge >= 0.3 is 6.01 Å². The van der Waals surface area contributed by atoms with Gasteiger partial charge in [-0.25, -0.2) is 13.8 Å². The van der Waals surface area contributed by atoms with Crippen molar-refractivity contribution in [1.29, 1.82) is 0 Å². The number of aromatic nitrogens is 6. The molecule has 0 unspecified atom stereocenters. The quantitative estimate of drug-likeness (QED) is 0.294. The molecule has 6 rings (SSSR count). The summed E-state index contributed by atoms with van der Waals surface area (Å²) in [4.78, 5) is 20.5. The van der Waals surface area contributed by atoms with Crippen LogP contribution in [0.25, 0.3) is 10.9 Å². The number of hydrogen-bond donors (Lipinski definition) is 3. The maximum absolute atomic E-state index is 15.2. The highest BCUT2D eigenvalue weighted by Crippen LogP contribution is 2.33. The molecule has 0 spiro atoms. The molecule has 0 radical (unpaired) electrons. The summed E-state index contributed by atoms with van der Waals surface area (Å²) >= 11 is 0. The Bertz CT molecular complexity index is 1590. The molecule has 38 heavy (non-hydrogen) atoms. The predicted molar refractivity (Wildman–Crippen MR) is 140 cm³/mol. The van der Waals surface area contributed by atoms with E-state index in [1.54, 1.807) is 19.2 Å². The van der Waals surface area contributed by atoms with Crippen LogP contribution in [0.5, 0.6) is 11.8 Å². The van der Waals surface area contributed by atoms with E-state index >= 15 is 4.39 Å². The normalized spacial score (nSPS) is 13.8. The minimum absolute atomic E-state index is 0.0871. The van der Waals surface area contributed by atoms with Crippen molar-refractivity contribution in [2.75, 3.05) is 41.3 Å². The average Bonchev–Trinajstić information content (AvgIpc) is 3.53. The van der Waals surface area contributed by atoms with Gasteiger partial charge in [0, 0.05) is 67.3 Å². The van der Waals surface area contributed by atoms with Crippen LogP contribution in [0.1, 0.15) is 11.4 Å². The van der Waals surface area contributed by atoms with E-state index in [4.69, 9.17) is 4.74 Å². The molecule has 0 bridgehead atoms. The summed E-state index contributed by atoms with van der Waals surface area (Å²) in [5.74, 6) is 0.848. The Hall–Kier alpha value is -4.74. The van der Waals surface area contributed by atoms with Crippen LogP contribution in [-0.4, -0.2) is 56.3 Å². The van der Waals surface area contributed by atoms with Gasteiger partial charge in [-0.3, -0.25) is 5.10 Å². The van der Waals surface area contributed by atoms with Gasteiger partial charge in [-0.15, -0.1) is 0 Å². The summed E-state index contributed by atoms with van der Waals surface area (Å²) < 4.78 is 35.7. The van der Waals surface area contributed by atoms with Crippen LogP contribution in [0.4, 0.5) is 32.1 Å². The Balaban J connectivity index is 1.31. The fourth-order valence-corrected chi connectivity index (χ4v) is 4.51. The molecule has 1 aromatic carbocycles. The largest absolute Gasteiger partial charge is 0.421 e. The highest BCUT2D eigenvalue weighted by atomic mass is 19.1. The number of ether oxygens (including phenoxy) is 1. The molecular formula is C26H25F2N9O. The van der Waals surface area contributed by atoms with Gasteiger partial charge < -0.3 is 24.8 Å². The molecule has 0 aliphatic carbocycles. The second-order valence-corrected chi connectivity index (χ2v) is 9.13. The molecular weight excluding hydrogens is 492 g/mol. The summed E-state index contributed by atoms with van der Waals surface area (Å²) in [5.41, 5.74) is 1.60. The molecule has 0 atom stereocenters. The Morgan fingerprint density at radius 3 is 2.39 bits per heavy atom. The molecule has 0 saturated carbocycles. The fourth-order valence-electron chi connectivity index (χ4n) is 4.51. The van der Waals surface area contributed by atoms with Gasteiger partial charge in [0.2, 0.25) is 0 Å². The number of halogens is 2. The van der Waals surface area contributed by atoms with E-state index in [1.807, 2.05) is 31.2 Å². The van der Waals surface area contributed by atoms with E-state index in [0.29, 0.717) is 36.2 Å². The number of fused-ring (bicyclic) bond motifs is 1. The maximum atomic E-state index is 15.2. The van der Waals surface area contributed by atoms with Crippen molar-refractivity contribution in [3.05, 3.63) is 71.7 Å². The van der Waals surface area contributed by atoms with E-state index in [9.17, 15) is 4.39 Å². The lowest BCUT2D eigenvalue weighted by molar-refractivity contribution is 0.410. The first-order valence-corrected chi connectivity index (χ1v) is 12.2. The van der Waals surface area contributed by atoms with Crippen molar-refractivity contribution < 1.29 is 13.5 Å². The zero-order valence-electron chi connectivity index (χ0n) is 20.8. The lowest BCUT2D eigenvalue weighted by Crippen LogP contribution is -2.47. The Kier molecular flexibility index (Phi) is 5.98. The molecule has 12 heteroatoms. The van der Waals surface area contributed by atoms with E-state index in [0.717, 1.165) is 30.7 Å². The smallest absolute Gasteiger partial charge is 0.326 e. The van der Waals surface area contributed by atoms with Crippen molar-refractivity contribution in [3.8, 4) is 11.8 Å². The molecule has 10 nitrogen and oxygen atoms in total. The third-order valence-corrected chi connectivity index (χ3v) is 6.33. The molecule has 194 valence electrons. The number of nitrogens with zero attached hydrogens (tertiary/aromatic N) is 6. The van der Waals surface area contributed by atoms with Gasteiger partial charge in [-0.1, -0.05) is 6.07 Å². The average molecular weight is 518 g/mol. The van der Waals surface area contributed by atoms with Gasteiger partial charge in [-0.05, 0) is 32.0 Å². The van der Waals surface area contributed by atoms with Crippen LogP contribution in [-0.2, 0) is 0 Å². The number of piperazine rings is 1. The van der Waals surface area contributed by atoms with Crippen LogP contribution >= 0.6 is 0 Å². The number of pyridine rings is 1. The predicted octanol–water partition coefficient (Wildman–Crippen LogP) is 4.83. The number of hydrogen-bond acceptors (Lipinski definition) is 8. The Morgan fingerprint density at radius 2 is 1.68 bits per heavy atom. The molecule has 1 fully saturated rings. The van der Waals surface area contributed by atoms with Crippen LogP contribution in [0.3, 0.4) is 0 Å². The molecule has 1 aliphatic rings. The highest BCUT2D eigenvalue weighted by Gasteiger charge is 2.22. The first-order chi connectivity index (χ1) is 18.4. The van der Waals surface area contributed by atoms with Gasteiger partial charge in [-0.2, -0.15) is 15.1 Å². The first kappa shape index (κ1) is 23.6. The number of H-pyrrole nitrogens is 2. The third-order valence-electron chi connectivity index (χ3n) is 6.33. The first-order valence-electron chi connectivity index (χ1n) is 12.2. The Labute approximate surface area is 216 Å². The molecule has 3 N–H and O–H groups in total. The summed E-state index contributed by atoms with van der Waals surface area (Å²) in [6, 6.07) is 11.9. The van der Waals surface area contributed by atoms with Crippen LogP contribution < -0.4 is 19.9 Å². The van der Waals surface area contributed by atoms with Gasteiger partial charge in [0.15, 0.2) is 23.2 Å². The minimum Gasteiger partial charge on any atom is -0.421 e. The van der Waals surface area contributed by atoms with Crippen LogP contribution in [0.15, 0.2) is 48.7 Å². The topological polar surface area (TPSA) is 111 Å². The number of aryl methyl sites for hydroxylation is 2. The minimum atomic E-state index is -0.693. The molecule has 1 saturated heterocycles. The van der Waals surface area contributed by atoms with Crippen molar-refractivity contribution in [2.45, 2.75) is 13.8 Å². The maximum Gasteiger partial charge on any atom is 0.326 e. The van der Waals surface area contributed by atoms with Crippen LogP contribution in [0.2, 0.25) is 0 Å². The fraction of sp³-hybridized carbons (Fsp3) is 0.231. The SMILES string of the molecule is Cc1cc(Nc2cc(N3CCN(c4ccccn4)CC3)nc(Oc3cc(F)c4[nH]c(C)cc4c3F)n2)n[nH]1. The van der Waals surface area contributed by atoms with Crippen molar-refractivity contribution in [1.82, 2.24) is 30.1 Å². The molecule has 4 aromatic heterocycles. The molecule has 1 aliphatic heterocycles. The van der Waals surface area contributed by atoms with Crippen molar-refractivity contribution >= 4 is 34.2 Å². The summed E-state index contributed by atoms with van der Waals surface area (Å²) in [6.45, 7) is 6.44. The second-order valence-electron chi connectivity index (χ2n) is 9.13. The summed E-state index contributed by atoms with van der Waals surface area (Å²) in [5, 5.41) is 10.3. The summed E-state index contributed by atoms with van der Waals surface area (Å²) in [6.07, 6.45) is 1.78. The van der Waals surface area contributed by atoms with E-state index in [1.165, 1.54) is 6.07 Å². The second kappa shape index (κ2) is 9.61. The van der Waals surface area contributed by atoms with Gasteiger partial charge in [0.05, 0.1) is 5.52 Å². The van der Waals surface area contributed by atoms with E-state index in [2.05, 4.69) is 45.2 Å². The van der Waals surface area contributed by atoms with Crippen LogP contribution in [0, 0.1) is 25.5 Å². The van der Waals surface area contributed by atoms with Crippen molar-refractivity contribution in [2.24, 2.45) is 0 Å². The number of nitrogens with one attached hydrogen (secondary N) is 3. The van der Waals surface area contributed by atoms with Gasteiger partial charge in [0.1, 0.15) is 17.5 Å². The van der Waals surface area contributed by atoms with E-state index in [-0.39, 0.29) is 22.7 Å². The third kappa shape index (κ3) is 4.67. The van der Waals surface area contributed by atoms with Gasteiger partial charge in [0.25, 0.3) is 0 Å². The molecule has 5 heterocycles. The zero-order valence-corrected chi connectivity index (χ0v) is 20.8. The lowest BCUT2D eigenvalue weighted by atomic mass is 10.2. The monoisotopic (exact) mass is 517 g/mol. The van der Waals surface area contributed by atoms with Crippen molar-refractivity contribution in [3.63, 3.8) is 0 Å². The van der Waals surface area contributed by atoms with E-state index < -0.39 is 11.6 Å². The standard InChI is InChI=1S/C26H25F2N9O/c1-15-11-17-24(28)19(13-18(27)25(17)30-15)38-26-32-20(31-21-12-16(2)34-35-21)14-23(33-26)37-9-7-36(8-10-37)22-5-3-4-6-29-22/h3-6,11-14,30H,7-10H2,1-2H3,(H2,31,32,33,34,35). The Morgan fingerprint density at radius 1 is 0.895 bits per heavy atom. The number of aromatic amines is 2. The number of anilines is 4. The lowest BCUT2D eigenvalue weighted by Gasteiger charge is -2.36. The zero-order chi connectivity index (χ0) is 26.2. The number of benzene rings is 1.